The van der Waals surface area contributed by atoms with Crippen LogP contribution < -0.4 is 0 Å². The van der Waals surface area contributed by atoms with Crippen LogP contribution in [0.1, 0.15) is 49.2 Å². The van der Waals surface area contributed by atoms with Crippen molar-refractivity contribution >= 4 is 5.91 Å². The van der Waals surface area contributed by atoms with Crippen LogP contribution in [-0.2, 0) is 0 Å². The molecule has 1 N–H and O–H groups in total. The molecule has 1 aliphatic heterocycles. The number of amides is 1. The summed E-state index contributed by atoms with van der Waals surface area (Å²) in [7, 11) is 0. The summed E-state index contributed by atoms with van der Waals surface area (Å²) >= 11 is 0. The third-order valence-electron chi connectivity index (χ3n) is 5.05. The molecule has 4 nitrogen and oxygen atoms in total. The molecule has 1 aliphatic carbocycles. The molecule has 1 aromatic heterocycles. The quantitative estimate of drug-likeness (QED) is 0.929. The zero-order valence-corrected chi connectivity index (χ0v) is 14.1. The Morgan fingerprint density at radius 1 is 1.36 bits per heavy atom. The summed E-state index contributed by atoms with van der Waals surface area (Å²) in [5, 5.41) is 0. The van der Waals surface area contributed by atoms with Crippen molar-refractivity contribution in [1.82, 2.24) is 14.8 Å². The average Bonchev–Trinajstić information content (AvgIpc) is 3.23. The highest BCUT2D eigenvalue weighted by molar-refractivity contribution is 5.92. The van der Waals surface area contributed by atoms with E-state index in [0.29, 0.717) is 12.0 Å². The topological polar surface area (TPSA) is 39.3 Å². The van der Waals surface area contributed by atoms with E-state index in [2.05, 4.69) is 28.6 Å². The normalized spacial score (nSPS) is 23.8. The second-order valence-electron chi connectivity index (χ2n) is 7.45. The molecule has 1 saturated heterocycles. The first-order valence-corrected chi connectivity index (χ1v) is 8.73. The van der Waals surface area contributed by atoms with Crippen LogP contribution >= 0.6 is 0 Å². The first kappa shape index (κ1) is 15.6. The van der Waals surface area contributed by atoms with E-state index in [1.54, 1.807) is 0 Å². The summed E-state index contributed by atoms with van der Waals surface area (Å²) in [5.74, 6) is 1.65. The Balaban J connectivity index is 1.71. The van der Waals surface area contributed by atoms with Crippen molar-refractivity contribution in [2.45, 2.75) is 46.1 Å². The molecule has 2 fully saturated rings. The monoisotopic (exact) mass is 303 g/mol. The summed E-state index contributed by atoms with van der Waals surface area (Å²) in [6.45, 7) is 10.7. The van der Waals surface area contributed by atoms with Crippen LogP contribution in [0.2, 0.25) is 0 Å². The van der Waals surface area contributed by atoms with E-state index in [1.165, 1.54) is 19.4 Å². The van der Waals surface area contributed by atoms with E-state index in [0.717, 1.165) is 43.2 Å². The Kier molecular flexibility index (Phi) is 4.57. The van der Waals surface area contributed by atoms with Gasteiger partial charge in [0.05, 0.1) is 0 Å². The number of hydrogen-bond donors (Lipinski definition) is 1. The van der Waals surface area contributed by atoms with E-state index in [1.807, 2.05) is 19.2 Å². The molecule has 122 valence electrons. The van der Waals surface area contributed by atoms with Gasteiger partial charge < -0.3 is 9.88 Å². The fourth-order valence-electron chi connectivity index (χ4n) is 3.54. The van der Waals surface area contributed by atoms with Crippen LogP contribution in [0.25, 0.3) is 0 Å². The van der Waals surface area contributed by atoms with Gasteiger partial charge in [0.25, 0.3) is 5.91 Å². The summed E-state index contributed by atoms with van der Waals surface area (Å²) in [6, 6.07) is 2.45. The summed E-state index contributed by atoms with van der Waals surface area (Å²) < 4.78 is 0. The number of aromatic amines is 1. The molecular weight excluding hydrogens is 274 g/mol. The molecule has 0 spiro atoms. The molecule has 3 rings (SSSR count). The SMILES string of the molecule is Cc1c[nH]c(C(=O)N2CCCN(CC3CC3)C(C(C)C)C2)c1. The largest absolute Gasteiger partial charge is 0.357 e. The molecule has 2 heterocycles. The van der Waals surface area contributed by atoms with Crippen LogP contribution in [0, 0.1) is 18.8 Å². The Bertz CT molecular complexity index is 518. The van der Waals surface area contributed by atoms with Crippen LogP contribution in [0.3, 0.4) is 0 Å². The lowest BCUT2D eigenvalue weighted by atomic mass is 10.0. The lowest BCUT2D eigenvalue weighted by Crippen LogP contribution is -2.46. The number of aromatic nitrogens is 1. The number of nitrogens with one attached hydrogen (secondary N) is 1. The molecule has 0 radical (unpaired) electrons. The number of aryl methyl sites for hydroxylation is 1. The number of carbonyl (C=O) groups is 1. The minimum atomic E-state index is 0.159. The molecule has 1 unspecified atom stereocenters. The van der Waals surface area contributed by atoms with Crippen molar-refractivity contribution in [3.8, 4) is 0 Å². The van der Waals surface area contributed by atoms with Gasteiger partial charge in [-0.2, -0.15) is 0 Å². The van der Waals surface area contributed by atoms with Crippen molar-refractivity contribution in [3.05, 3.63) is 23.5 Å². The number of carbonyl (C=O) groups excluding carboxylic acids is 1. The number of H-pyrrole nitrogens is 1. The van der Waals surface area contributed by atoms with Crippen molar-refractivity contribution in [2.24, 2.45) is 11.8 Å². The van der Waals surface area contributed by atoms with Gasteiger partial charge in [0.15, 0.2) is 0 Å². The van der Waals surface area contributed by atoms with E-state index >= 15 is 0 Å². The molecule has 1 aromatic rings. The second kappa shape index (κ2) is 6.45. The Morgan fingerprint density at radius 2 is 2.14 bits per heavy atom. The number of rotatable bonds is 4. The molecule has 0 aromatic carbocycles. The minimum absolute atomic E-state index is 0.159. The fraction of sp³-hybridized carbons (Fsp3) is 0.722. The highest BCUT2D eigenvalue weighted by Gasteiger charge is 2.33. The van der Waals surface area contributed by atoms with E-state index in [4.69, 9.17) is 0 Å². The Labute approximate surface area is 133 Å². The highest BCUT2D eigenvalue weighted by Crippen LogP contribution is 2.32. The van der Waals surface area contributed by atoms with Crippen LogP contribution in [-0.4, -0.2) is 52.9 Å². The molecule has 1 saturated carbocycles. The van der Waals surface area contributed by atoms with Gasteiger partial charge in [0.2, 0.25) is 0 Å². The van der Waals surface area contributed by atoms with Gasteiger partial charge in [0.1, 0.15) is 5.69 Å². The predicted molar refractivity (Wildman–Crippen MR) is 89.0 cm³/mol. The third-order valence-corrected chi connectivity index (χ3v) is 5.05. The van der Waals surface area contributed by atoms with E-state index in [9.17, 15) is 4.79 Å². The van der Waals surface area contributed by atoms with Gasteiger partial charge >= 0.3 is 0 Å². The third kappa shape index (κ3) is 3.54. The Morgan fingerprint density at radius 3 is 2.73 bits per heavy atom. The lowest BCUT2D eigenvalue weighted by molar-refractivity contribution is 0.0699. The zero-order valence-electron chi connectivity index (χ0n) is 14.1. The Hall–Kier alpha value is -1.29. The highest BCUT2D eigenvalue weighted by atomic mass is 16.2. The average molecular weight is 303 g/mol. The maximum atomic E-state index is 12.8. The molecule has 4 heteroatoms. The second-order valence-corrected chi connectivity index (χ2v) is 7.45. The van der Waals surface area contributed by atoms with Gasteiger partial charge in [-0.05, 0) is 49.7 Å². The maximum Gasteiger partial charge on any atom is 0.270 e. The van der Waals surface area contributed by atoms with Crippen LogP contribution in [0.4, 0.5) is 0 Å². The maximum absolute atomic E-state index is 12.8. The minimum Gasteiger partial charge on any atom is -0.357 e. The van der Waals surface area contributed by atoms with E-state index < -0.39 is 0 Å². The van der Waals surface area contributed by atoms with Gasteiger partial charge in [-0.1, -0.05) is 13.8 Å². The standard InChI is InChI=1S/C18H29N3O/c1-13(2)17-12-21(18(22)16-9-14(3)10-19-16)8-4-7-20(17)11-15-5-6-15/h9-10,13,15,17,19H,4-8,11-12H2,1-3H3. The molecule has 22 heavy (non-hydrogen) atoms. The van der Waals surface area contributed by atoms with Crippen LogP contribution in [0.5, 0.6) is 0 Å². The van der Waals surface area contributed by atoms with Gasteiger partial charge in [-0.25, -0.2) is 0 Å². The molecule has 0 bridgehead atoms. The molecular formula is C18H29N3O. The van der Waals surface area contributed by atoms with Gasteiger partial charge in [-0.15, -0.1) is 0 Å². The van der Waals surface area contributed by atoms with Gasteiger partial charge in [-0.3, -0.25) is 9.69 Å². The zero-order chi connectivity index (χ0) is 15.7. The fourth-order valence-corrected chi connectivity index (χ4v) is 3.54. The van der Waals surface area contributed by atoms with Gasteiger partial charge in [0, 0.05) is 38.4 Å². The summed E-state index contributed by atoms with van der Waals surface area (Å²) in [6.07, 6.45) is 5.78. The molecule has 1 amide bonds. The van der Waals surface area contributed by atoms with E-state index in [-0.39, 0.29) is 5.91 Å². The predicted octanol–water partition coefficient (Wildman–Crippen LogP) is 2.91. The first-order valence-electron chi connectivity index (χ1n) is 8.73. The summed E-state index contributed by atoms with van der Waals surface area (Å²) in [5.41, 5.74) is 1.85. The number of hydrogen-bond acceptors (Lipinski definition) is 2. The molecule has 1 atom stereocenters. The van der Waals surface area contributed by atoms with Crippen molar-refractivity contribution in [3.63, 3.8) is 0 Å². The van der Waals surface area contributed by atoms with Crippen molar-refractivity contribution in [2.75, 3.05) is 26.2 Å². The van der Waals surface area contributed by atoms with Crippen LogP contribution in [0.15, 0.2) is 12.3 Å². The lowest BCUT2D eigenvalue weighted by Gasteiger charge is -2.34. The summed E-state index contributed by atoms with van der Waals surface area (Å²) in [4.78, 5) is 20.6. The number of nitrogens with zero attached hydrogens (tertiary/aromatic N) is 2. The molecule has 2 aliphatic rings. The van der Waals surface area contributed by atoms with Crippen molar-refractivity contribution in [1.29, 1.82) is 0 Å². The smallest absolute Gasteiger partial charge is 0.270 e. The first-order chi connectivity index (χ1) is 10.5. The van der Waals surface area contributed by atoms with Crippen molar-refractivity contribution < 1.29 is 4.79 Å².